The van der Waals surface area contributed by atoms with Crippen LogP contribution in [0, 0.1) is 5.92 Å². The lowest BCUT2D eigenvalue weighted by Crippen LogP contribution is -2.44. The first kappa shape index (κ1) is 20.8. The third-order valence-electron chi connectivity index (χ3n) is 5.86. The van der Waals surface area contributed by atoms with E-state index in [-0.39, 0.29) is 22.9 Å². The van der Waals surface area contributed by atoms with E-state index < -0.39 is 5.60 Å². The van der Waals surface area contributed by atoms with E-state index in [1.165, 1.54) is 5.56 Å². The lowest BCUT2D eigenvalue weighted by Gasteiger charge is -2.42. The maximum Gasteiger partial charge on any atom is 0.117 e. The fraction of sp³-hybridized carbons (Fsp3) is 0.280. The van der Waals surface area contributed by atoms with Gasteiger partial charge in [-0.3, -0.25) is 4.90 Å². The van der Waals surface area contributed by atoms with Gasteiger partial charge in [0.2, 0.25) is 0 Å². The van der Waals surface area contributed by atoms with Crippen LogP contribution in [0.4, 0.5) is 0 Å². The highest BCUT2D eigenvalue weighted by atomic mass is 79.9. The van der Waals surface area contributed by atoms with Crippen molar-refractivity contribution in [3.8, 4) is 0 Å². The first-order chi connectivity index (χ1) is 13.3. The molecule has 4 rings (SSSR count). The van der Waals surface area contributed by atoms with E-state index in [1.54, 1.807) is 0 Å². The first-order valence-electron chi connectivity index (χ1n) is 9.86. The van der Waals surface area contributed by atoms with Crippen molar-refractivity contribution in [2.45, 2.75) is 25.0 Å². The lowest BCUT2D eigenvalue weighted by molar-refractivity contribution is -0.0152. The minimum atomic E-state index is -0.929. The summed E-state index contributed by atoms with van der Waals surface area (Å²) in [6.45, 7) is 3.02. The van der Waals surface area contributed by atoms with E-state index in [9.17, 15) is 5.11 Å². The van der Waals surface area contributed by atoms with E-state index in [1.807, 2.05) is 36.4 Å². The van der Waals surface area contributed by atoms with Crippen molar-refractivity contribution in [3.05, 3.63) is 108 Å². The largest absolute Gasteiger partial charge is 0.380 e. The van der Waals surface area contributed by atoms with Gasteiger partial charge in [0, 0.05) is 6.54 Å². The molecule has 1 N–H and O–H groups in total. The zero-order valence-corrected chi connectivity index (χ0v) is 17.8. The molecule has 28 heavy (non-hydrogen) atoms. The molecule has 1 aliphatic heterocycles. The number of halogens is 1. The summed E-state index contributed by atoms with van der Waals surface area (Å²) in [7, 11) is 0. The van der Waals surface area contributed by atoms with Crippen LogP contribution in [0.25, 0.3) is 0 Å². The Labute approximate surface area is 178 Å². The van der Waals surface area contributed by atoms with Gasteiger partial charge in [0.1, 0.15) is 5.60 Å². The summed E-state index contributed by atoms with van der Waals surface area (Å²) in [5.74, 6) is 0.217. The monoisotopic (exact) mass is 437 g/mol. The highest BCUT2D eigenvalue weighted by Gasteiger charge is 2.41. The summed E-state index contributed by atoms with van der Waals surface area (Å²) in [6.07, 6.45) is 1.99. The van der Waals surface area contributed by atoms with Gasteiger partial charge in [-0.15, -0.1) is 17.0 Å². The molecule has 1 heterocycles. The Morgan fingerprint density at radius 2 is 1.14 bits per heavy atom. The summed E-state index contributed by atoms with van der Waals surface area (Å²) < 4.78 is 0. The number of nitrogens with zero attached hydrogens (tertiary/aromatic N) is 1. The van der Waals surface area contributed by atoms with Gasteiger partial charge < -0.3 is 5.11 Å². The quantitative estimate of drug-likeness (QED) is 0.576. The maximum atomic E-state index is 11.9. The van der Waals surface area contributed by atoms with Crippen LogP contribution in [-0.2, 0) is 12.1 Å². The lowest BCUT2D eigenvalue weighted by atomic mass is 9.72. The predicted octanol–water partition coefficient (Wildman–Crippen LogP) is 5.41. The third kappa shape index (κ3) is 4.38. The normalized spacial score (nSPS) is 15.8. The SMILES string of the molecule is Br.OC(c1ccccc1)(c1ccccc1)C1CCN(Cc2ccccc2)CC1. The van der Waals surface area contributed by atoms with E-state index in [2.05, 4.69) is 59.5 Å². The number of hydrogen-bond donors (Lipinski definition) is 1. The Hall–Kier alpha value is -1.94. The Morgan fingerprint density at radius 1 is 0.714 bits per heavy atom. The van der Waals surface area contributed by atoms with Crippen molar-refractivity contribution >= 4 is 17.0 Å². The average molecular weight is 438 g/mol. The van der Waals surface area contributed by atoms with Crippen LogP contribution < -0.4 is 0 Å². The zero-order valence-electron chi connectivity index (χ0n) is 16.1. The molecule has 0 amide bonds. The minimum absolute atomic E-state index is 0. The molecule has 0 bridgehead atoms. The fourth-order valence-corrected chi connectivity index (χ4v) is 4.37. The predicted molar refractivity (Wildman–Crippen MR) is 121 cm³/mol. The molecule has 0 atom stereocenters. The van der Waals surface area contributed by atoms with Crippen LogP contribution in [0.3, 0.4) is 0 Å². The molecule has 0 aliphatic carbocycles. The molecule has 0 unspecified atom stereocenters. The van der Waals surface area contributed by atoms with Crippen molar-refractivity contribution in [3.63, 3.8) is 0 Å². The number of benzene rings is 3. The van der Waals surface area contributed by atoms with Crippen LogP contribution >= 0.6 is 17.0 Å². The molecule has 0 aromatic heterocycles. The van der Waals surface area contributed by atoms with Crippen molar-refractivity contribution in [2.75, 3.05) is 13.1 Å². The Morgan fingerprint density at radius 3 is 1.61 bits per heavy atom. The van der Waals surface area contributed by atoms with Gasteiger partial charge in [-0.1, -0.05) is 91.0 Å². The highest BCUT2D eigenvalue weighted by Crippen LogP contribution is 2.42. The van der Waals surface area contributed by atoms with Crippen LogP contribution in [0.5, 0.6) is 0 Å². The van der Waals surface area contributed by atoms with E-state index in [4.69, 9.17) is 0 Å². The maximum absolute atomic E-state index is 11.9. The van der Waals surface area contributed by atoms with E-state index >= 15 is 0 Å². The molecule has 3 aromatic carbocycles. The number of aliphatic hydroxyl groups is 1. The minimum Gasteiger partial charge on any atom is -0.380 e. The van der Waals surface area contributed by atoms with Gasteiger partial charge in [-0.25, -0.2) is 0 Å². The second-order valence-corrected chi connectivity index (χ2v) is 7.53. The number of rotatable bonds is 5. The standard InChI is InChI=1S/C25H27NO.BrH/c27-25(22-12-6-2-7-13-22,23-14-8-3-9-15-23)24-16-18-26(19-17-24)20-21-10-4-1-5-11-21;/h1-15,24,27H,16-20H2;1H. The van der Waals surface area contributed by atoms with Crippen LogP contribution in [0.1, 0.15) is 29.5 Å². The van der Waals surface area contributed by atoms with Crippen molar-refractivity contribution < 1.29 is 5.11 Å². The zero-order chi connectivity index (χ0) is 18.5. The van der Waals surface area contributed by atoms with E-state index in [0.29, 0.717) is 0 Å². The molecule has 0 spiro atoms. The molecule has 3 aromatic rings. The molecule has 0 radical (unpaired) electrons. The van der Waals surface area contributed by atoms with Crippen molar-refractivity contribution in [1.82, 2.24) is 4.90 Å². The number of likely N-dealkylation sites (tertiary alicyclic amines) is 1. The second kappa shape index (κ2) is 9.51. The molecule has 0 saturated carbocycles. The number of piperidine rings is 1. The second-order valence-electron chi connectivity index (χ2n) is 7.53. The summed E-state index contributed by atoms with van der Waals surface area (Å²) in [5, 5.41) is 11.9. The van der Waals surface area contributed by atoms with Gasteiger partial charge in [0.25, 0.3) is 0 Å². The molecule has 146 valence electrons. The summed E-state index contributed by atoms with van der Waals surface area (Å²) in [6, 6.07) is 31.0. The fourth-order valence-electron chi connectivity index (χ4n) is 4.37. The molecular formula is C25H28BrNO. The van der Waals surface area contributed by atoms with Gasteiger partial charge in [0.05, 0.1) is 0 Å². The smallest absolute Gasteiger partial charge is 0.117 e. The van der Waals surface area contributed by atoms with Gasteiger partial charge in [-0.05, 0) is 48.5 Å². The number of hydrogen-bond acceptors (Lipinski definition) is 2. The van der Waals surface area contributed by atoms with Crippen LogP contribution in [0.2, 0.25) is 0 Å². The van der Waals surface area contributed by atoms with Gasteiger partial charge >= 0.3 is 0 Å². The topological polar surface area (TPSA) is 23.5 Å². The highest BCUT2D eigenvalue weighted by molar-refractivity contribution is 8.93. The molecule has 1 saturated heterocycles. The van der Waals surface area contributed by atoms with Crippen LogP contribution in [-0.4, -0.2) is 23.1 Å². The Kier molecular flexibility index (Phi) is 7.06. The van der Waals surface area contributed by atoms with Gasteiger partial charge in [0.15, 0.2) is 0 Å². The van der Waals surface area contributed by atoms with Crippen molar-refractivity contribution in [1.29, 1.82) is 0 Å². The van der Waals surface area contributed by atoms with E-state index in [0.717, 1.165) is 43.6 Å². The molecule has 2 nitrogen and oxygen atoms in total. The average Bonchev–Trinajstić information content (AvgIpc) is 2.76. The summed E-state index contributed by atoms with van der Waals surface area (Å²) >= 11 is 0. The van der Waals surface area contributed by atoms with Crippen LogP contribution in [0.15, 0.2) is 91.0 Å². The molecule has 1 aliphatic rings. The molecule has 3 heteroatoms. The Bertz CT molecular complexity index is 791. The first-order valence-corrected chi connectivity index (χ1v) is 9.86. The third-order valence-corrected chi connectivity index (χ3v) is 5.86. The summed E-state index contributed by atoms with van der Waals surface area (Å²) in [5.41, 5.74) is 2.43. The van der Waals surface area contributed by atoms with Gasteiger partial charge in [-0.2, -0.15) is 0 Å². The van der Waals surface area contributed by atoms with Crippen molar-refractivity contribution in [2.24, 2.45) is 5.92 Å². The molecular weight excluding hydrogens is 410 g/mol. The summed E-state index contributed by atoms with van der Waals surface area (Å²) in [4.78, 5) is 2.50. The molecule has 1 fully saturated rings. The Balaban J connectivity index is 0.00000225.